The van der Waals surface area contributed by atoms with Crippen LogP contribution in [-0.2, 0) is 23.7 Å². The molecule has 0 aliphatic carbocycles. The van der Waals surface area contributed by atoms with E-state index in [-0.39, 0.29) is 25.6 Å². The van der Waals surface area contributed by atoms with Crippen molar-refractivity contribution < 1.29 is 44.2 Å². The van der Waals surface area contributed by atoms with Crippen LogP contribution in [0.25, 0.3) is 0 Å². The first-order chi connectivity index (χ1) is 19.9. The number of carbonyl (C=O) groups is 1. The third-order valence-electron chi connectivity index (χ3n) is 6.82. The van der Waals surface area contributed by atoms with E-state index in [0.717, 1.165) is 51.4 Å². The maximum Gasteiger partial charge on any atom is 0.306 e. The first kappa shape index (κ1) is 37.4. The third kappa shape index (κ3) is 17.9. The highest BCUT2D eigenvalue weighted by atomic mass is 16.7. The van der Waals surface area contributed by atoms with Gasteiger partial charge in [-0.2, -0.15) is 0 Å². The number of hydrogen-bond acceptors (Lipinski definition) is 9. The number of aliphatic hydroxyl groups excluding tert-OH is 4. The van der Waals surface area contributed by atoms with E-state index in [9.17, 15) is 25.2 Å². The molecule has 1 rings (SSSR count). The zero-order chi connectivity index (χ0) is 30.1. The fourth-order valence-electron chi connectivity index (χ4n) is 4.30. The lowest BCUT2D eigenvalue weighted by Crippen LogP contribution is -2.59. The van der Waals surface area contributed by atoms with Crippen LogP contribution >= 0.6 is 0 Å². The Morgan fingerprint density at radius 2 is 1.46 bits per heavy atom. The molecule has 0 aromatic rings. The standard InChI is InChI=1S/C32H56O9/c1-3-5-7-8-9-10-11-12-13-14-15-16-17-18-19-20-22-38-24-26(40-28(34)21-6-4-2)25-39-32-31(37)30(36)29(35)27(23-33)41-32/h5,7,9-10,12-13,26-27,29-33,35-37H,3-4,6,8,11,14-25H2,1-2H3/b7-5-,10-9-,13-12-. The first-order valence-corrected chi connectivity index (χ1v) is 15.6. The fourth-order valence-corrected chi connectivity index (χ4v) is 4.30. The number of esters is 1. The lowest BCUT2D eigenvalue weighted by atomic mass is 9.99. The van der Waals surface area contributed by atoms with E-state index in [1.54, 1.807) is 0 Å². The van der Waals surface area contributed by atoms with Gasteiger partial charge in [-0.05, 0) is 44.9 Å². The zero-order valence-corrected chi connectivity index (χ0v) is 25.3. The van der Waals surface area contributed by atoms with E-state index < -0.39 is 43.4 Å². The second-order valence-electron chi connectivity index (χ2n) is 10.5. The van der Waals surface area contributed by atoms with Gasteiger partial charge in [0.05, 0.1) is 19.8 Å². The third-order valence-corrected chi connectivity index (χ3v) is 6.82. The van der Waals surface area contributed by atoms with Crippen molar-refractivity contribution >= 4 is 5.97 Å². The van der Waals surface area contributed by atoms with Gasteiger partial charge in [0, 0.05) is 13.0 Å². The Kier molecular flexibility index (Phi) is 22.8. The van der Waals surface area contributed by atoms with Gasteiger partial charge in [-0.15, -0.1) is 0 Å². The molecule has 9 heteroatoms. The van der Waals surface area contributed by atoms with E-state index in [1.165, 1.54) is 19.3 Å². The smallest absolute Gasteiger partial charge is 0.306 e. The highest BCUT2D eigenvalue weighted by molar-refractivity contribution is 5.69. The van der Waals surface area contributed by atoms with Gasteiger partial charge in [-0.25, -0.2) is 0 Å². The van der Waals surface area contributed by atoms with E-state index in [0.29, 0.717) is 13.0 Å². The van der Waals surface area contributed by atoms with Crippen LogP contribution in [0.4, 0.5) is 0 Å². The molecule has 1 aliphatic heterocycles. The first-order valence-electron chi connectivity index (χ1n) is 15.6. The lowest BCUT2D eigenvalue weighted by molar-refractivity contribution is -0.305. The van der Waals surface area contributed by atoms with E-state index in [1.807, 2.05) is 6.92 Å². The van der Waals surface area contributed by atoms with Crippen LogP contribution in [-0.4, -0.2) is 89.6 Å². The van der Waals surface area contributed by atoms with Gasteiger partial charge in [0.1, 0.15) is 30.5 Å². The van der Waals surface area contributed by atoms with Crippen molar-refractivity contribution in [2.45, 2.75) is 134 Å². The Balaban J connectivity index is 2.23. The summed E-state index contributed by atoms with van der Waals surface area (Å²) in [6.45, 7) is 4.13. The van der Waals surface area contributed by atoms with Crippen LogP contribution in [0, 0.1) is 0 Å². The molecular formula is C32H56O9. The van der Waals surface area contributed by atoms with E-state index in [2.05, 4.69) is 43.4 Å². The Morgan fingerprint density at radius 3 is 2.15 bits per heavy atom. The molecule has 0 bridgehead atoms. The average Bonchev–Trinajstić information content (AvgIpc) is 2.97. The summed E-state index contributed by atoms with van der Waals surface area (Å²) >= 11 is 0. The van der Waals surface area contributed by atoms with Crippen molar-refractivity contribution in [3.63, 3.8) is 0 Å². The zero-order valence-electron chi connectivity index (χ0n) is 25.3. The molecule has 1 heterocycles. The molecule has 0 aromatic carbocycles. The molecule has 0 spiro atoms. The topological polar surface area (TPSA) is 135 Å². The maximum atomic E-state index is 12.2. The highest BCUT2D eigenvalue weighted by Crippen LogP contribution is 2.22. The molecule has 4 N–H and O–H groups in total. The lowest BCUT2D eigenvalue weighted by Gasteiger charge is -2.39. The summed E-state index contributed by atoms with van der Waals surface area (Å²) < 4.78 is 22.2. The Morgan fingerprint density at radius 1 is 0.805 bits per heavy atom. The number of allylic oxidation sites excluding steroid dienone is 6. The fraction of sp³-hybridized carbons (Fsp3) is 0.781. The molecule has 238 valence electrons. The highest BCUT2D eigenvalue weighted by Gasteiger charge is 2.44. The van der Waals surface area contributed by atoms with Crippen LogP contribution in [0.3, 0.4) is 0 Å². The molecular weight excluding hydrogens is 528 g/mol. The van der Waals surface area contributed by atoms with Gasteiger partial charge in [-0.3, -0.25) is 4.79 Å². The van der Waals surface area contributed by atoms with Crippen molar-refractivity contribution in [3.05, 3.63) is 36.5 Å². The van der Waals surface area contributed by atoms with Gasteiger partial charge < -0.3 is 39.4 Å². The summed E-state index contributed by atoms with van der Waals surface area (Å²) in [5, 5.41) is 39.4. The molecule has 0 amide bonds. The monoisotopic (exact) mass is 584 g/mol. The summed E-state index contributed by atoms with van der Waals surface area (Å²) in [7, 11) is 0. The molecule has 6 atom stereocenters. The largest absolute Gasteiger partial charge is 0.457 e. The predicted octanol–water partition coefficient (Wildman–Crippen LogP) is 4.51. The maximum absolute atomic E-state index is 12.2. The molecule has 1 aliphatic rings. The summed E-state index contributed by atoms with van der Waals surface area (Å²) in [4.78, 5) is 12.2. The Labute approximate surface area is 247 Å². The van der Waals surface area contributed by atoms with Gasteiger partial charge in [0.25, 0.3) is 0 Å². The van der Waals surface area contributed by atoms with Crippen molar-refractivity contribution in [2.75, 3.05) is 26.4 Å². The molecule has 9 nitrogen and oxygen atoms in total. The molecule has 1 saturated heterocycles. The van der Waals surface area contributed by atoms with Crippen molar-refractivity contribution in [1.82, 2.24) is 0 Å². The number of aliphatic hydroxyl groups is 4. The van der Waals surface area contributed by atoms with Crippen molar-refractivity contribution in [2.24, 2.45) is 0 Å². The molecule has 0 saturated carbocycles. The van der Waals surface area contributed by atoms with Gasteiger partial charge >= 0.3 is 5.97 Å². The molecule has 0 aromatic heterocycles. The SMILES string of the molecule is CC/C=C\C/C=C\C/C=C\CCCCCCCCOCC(COC1OC(CO)C(O)C(O)C1O)OC(=O)CCCC. The van der Waals surface area contributed by atoms with Gasteiger partial charge in [0.2, 0.25) is 0 Å². The second-order valence-corrected chi connectivity index (χ2v) is 10.5. The van der Waals surface area contributed by atoms with Crippen LogP contribution < -0.4 is 0 Å². The quantitative estimate of drug-likeness (QED) is 0.0734. The van der Waals surface area contributed by atoms with Gasteiger partial charge in [-0.1, -0.05) is 82.4 Å². The minimum absolute atomic E-state index is 0.123. The molecule has 41 heavy (non-hydrogen) atoms. The van der Waals surface area contributed by atoms with E-state index in [4.69, 9.17) is 18.9 Å². The van der Waals surface area contributed by atoms with Crippen molar-refractivity contribution in [1.29, 1.82) is 0 Å². The molecule has 1 fully saturated rings. The molecule has 0 radical (unpaired) electrons. The van der Waals surface area contributed by atoms with E-state index >= 15 is 0 Å². The van der Waals surface area contributed by atoms with Crippen LogP contribution in [0.5, 0.6) is 0 Å². The number of hydrogen-bond donors (Lipinski definition) is 4. The summed E-state index contributed by atoms with van der Waals surface area (Å²) in [6, 6.07) is 0. The minimum Gasteiger partial charge on any atom is -0.457 e. The normalized spacial score (nSPS) is 24.1. The second kappa shape index (κ2) is 25.0. The summed E-state index contributed by atoms with van der Waals surface area (Å²) in [6.07, 6.45) is 18.6. The Hall–Kier alpha value is -1.59. The van der Waals surface area contributed by atoms with Crippen LogP contribution in [0.1, 0.15) is 97.3 Å². The number of unbranched alkanes of at least 4 members (excludes halogenated alkanes) is 7. The summed E-state index contributed by atoms with van der Waals surface area (Å²) in [5.74, 6) is -0.357. The summed E-state index contributed by atoms with van der Waals surface area (Å²) in [5.41, 5.74) is 0. The minimum atomic E-state index is -1.53. The number of carbonyl (C=O) groups excluding carboxylic acids is 1. The van der Waals surface area contributed by atoms with Crippen LogP contribution in [0.2, 0.25) is 0 Å². The van der Waals surface area contributed by atoms with Gasteiger partial charge in [0.15, 0.2) is 6.29 Å². The van der Waals surface area contributed by atoms with Crippen LogP contribution in [0.15, 0.2) is 36.5 Å². The number of rotatable bonds is 24. The average molecular weight is 585 g/mol. The predicted molar refractivity (Wildman–Crippen MR) is 159 cm³/mol. The molecule has 6 unspecified atom stereocenters. The van der Waals surface area contributed by atoms with Crippen molar-refractivity contribution in [3.8, 4) is 0 Å². The number of ether oxygens (including phenoxy) is 4. The Bertz CT molecular complexity index is 722.